The highest BCUT2D eigenvalue weighted by Gasteiger charge is 2.22. The molecule has 1 aromatic carbocycles. The second-order valence-electron chi connectivity index (χ2n) is 5.44. The third-order valence-corrected chi connectivity index (χ3v) is 3.89. The molecule has 1 aromatic rings. The van der Waals surface area contributed by atoms with Crippen molar-refractivity contribution in [2.24, 2.45) is 5.73 Å². The molecule has 0 radical (unpaired) electrons. The zero-order chi connectivity index (χ0) is 15.1. The normalized spacial score (nSPS) is 19.0. The molecule has 1 aliphatic rings. The summed E-state index contributed by atoms with van der Waals surface area (Å²) in [5.74, 6) is -0.0108. The number of benzene rings is 1. The molecular formula is C16H22N4O. The molecule has 1 fully saturated rings. The van der Waals surface area contributed by atoms with E-state index in [9.17, 15) is 4.79 Å². The molecule has 0 aromatic heterocycles. The van der Waals surface area contributed by atoms with E-state index < -0.39 is 0 Å². The van der Waals surface area contributed by atoms with E-state index in [0.717, 1.165) is 30.6 Å². The van der Waals surface area contributed by atoms with Gasteiger partial charge in [0.15, 0.2) is 0 Å². The summed E-state index contributed by atoms with van der Waals surface area (Å²) in [6, 6.07) is 9.82. The van der Waals surface area contributed by atoms with Crippen LogP contribution in [0.2, 0.25) is 0 Å². The molecular weight excluding hydrogens is 264 g/mol. The maximum atomic E-state index is 12.1. The number of amides is 1. The quantitative estimate of drug-likeness (QED) is 0.859. The molecule has 0 saturated carbocycles. The Kier molecular flexibility index (Phi) is 5.73. The van der Waals surface area contributed by atoms with Gasteiger partial charge in [0.05, 0.1) is 19.0 Å². The molecule has 1 aliphatic heterocycles. The zero-order valence-electron chi connectivity index (χ0n) is 12.2. The molecule has 0 aliphatic carbocycles. The van der Waals surface area contributed by atoms with Gasteiger partial charge in [0.25, 0.3) is 0 Å². The Morgan fingerprint density at radius 1 is 1.38 bits per heavy atom. The third kappa shape index (κ3) is 4.55. The van der Waals surface area contributed by atoms with Crippen LogP contribution in [0.25, 0.3) is 0 Å². The summed E-state index contributed by atoms with van der Waals surface area (Å²) in [5.41, 5.74) is 7.49. The molecule has 5 nitrogen and oxygen atoms in total. The fourth-order valence-electron chi connectivity index (χ4n) is 2.72. The van der Waals surface area contributed by atoms with Crippen molar-refractivity contribution in [1.82, 2.24) is 4.90 Å². The van der Waals surface area contributed by atoms with Crippen LogP contribution in [0.4, 0.5) is 5.69 Å². The molecule has 1 heterocycles. The van der Waals surface area contributed by atoms with Crippen LogP contribution in [0.5, 0.6) is 0 Å². The first-order valence-electron chi connectivity index (χ1n) is 7.43. The molecule has 3 N–H and O–H groups in total. The minimum absolute atomic E-state index is 0.0108. The molecule has 1 atom stereocenters. The van der Waals surface area contributed by atoms with E-state index in [-0.39, 0.29) is 5.91 Å². The molecule has 5 heteroatoms. The van der Waals surface area contributed by atoms with Crippen LogP contribution in [-0.4, -0.2) is 36.5 Å². The second-order valence-corrected chi connectivity index (χ2v) is 5.44. The minimum atomic E-state index is -0.0108. The third-order valence-electron chi connectivity index (χ3n) is 3.89. The van der Waals surface area contributed by atoms with Crippen LogP contribution in [-0.2, 0) is 11.2 Å². The van der Waals surface area contributed by atoms with E-state index in [1.54, 1.807) is 0 Å². The zero-order valence-corrected chi connectivity index (χ0v) is 12.2. The number of hydrogen-bond acceptors (Lipinski definition) is 4. The number of carbonyl (C=O) groups excluding carboxylic acids is 1. The van der Waals surface area contributed by atoms with Gasteiger partial charge >= 0.3 is 0 Å². The van der Waals surface area contributed by atoms with Crippen molar-refractivity contribution in [3.05, 3.63) is 29.8 Å². The number of rotatable bonds is 5. The van der Waals surface area contributed by atoms with E-state index in [1.807, 2.05) is 24.3 Å². The first kappa shape index (κ1) is 15.5. The average molecular weight is 286 g/mol. The van der Waals surface area contributed by atoms with Crippen molar-refractivity contribution in [2.45, 2.75) is 31.7 Å². The predicted octanol–water partition coefficient (Wildman–Crippen LogP) is 1.50. The van der Waals surface area contributed by atoms with Gasteiger partial charge in [0.1, 0.15) is 0 Å². The van der Waals surface area contributed by atoms with E-state index in [2.05, 4.69) is 16.3 Å². The summed E-state index contributed by atoms with van der Waals surface area (Å²) in [7, 11) is 0. The number of hydrogen-bond donors (Lipinski definition) is 2. The Hall–Kier alpha value is -1.90. The van der Waals surface area contributed by atoms with Crippen molar-refractivity contribution in [1.29, 1.82) is 5.26 Å². The highest BCUT2D eigenvalue weighted by Crippen LogP contribution is 2.16. The average Bonchev–Trinajstić information content (AvgIpc) is 2.50. The summed E-state index contributed by atoms with van der Waals surface area (Å²) in [4.78, 5) is 14.3. The fourth-order valence-corrected chi connectivity index (χ4v) is 2.72. The number of piperidine rings is 1. The Labute approximate surface area is 125 Å². The van der Waals surface area contributed by atoms with Crippen LogP contribution < -0.4 is 11.1 Å². The molecule has 112 valence electrons. The van der Waals surface area contributed by atoms with E-state index in [1.165, 1.54) is 6.42 Å². The largest absolute Gasteiger partial charge is 0.329 e. The van der Waals surface area contributed by atoms with Crippen LogP contribution in [0.3, 0.4) is 0 Å². The van der Waals surface area contributed by atoms with Crippen molar-refractivity contribution in [3.63, 3.8) is 0 Å². The highest BCUT2D eigenvalue weighted by atomic mass is 16.2. The van der Waals surface area contributed by atoms with Gasteiger partial charge in [-0.1, -0.05) is 18.6 Å². The van der Waals surface area contributed by atoms with Crippen molar-refractivity contribution in [3.8, 4) is 6.07 Å². The van der Waals surface area contributed by atoms with Gasteiger partial charge in [-0.05, 0) is 37.1 Å². The van der Waals surface area contributed by atoms with E-state index >= 15 is 0 Å². The Morgan fingerprint density at radius 3 is 2.81 bits per heavy atom. The van der Waals surface area contributed by atoms with E-state index in [4.69, 9.17) is 11.0 Å². The number of nitrogens with zero attached hydrogens (tertiary/aromatic N) is 2. The number of nitrogens with two attached hydrogens (primary N) is 1. The Bertz CT molecular complexity index is 506. The summed E-state index contributed by atoms with van der Waals surface area (Å²) < 4.78 is 0. The number of carbonyl (C=O) groups is 1. The van der Waals surface area contributed by atoms with Gasteiger partial charge in [0.2, 0.25) is 5.91 Å². The van der Waals surface area contributed by atoms with Crippen molar-refractivity contribution >= 4 is 11.6 Å². The lowest BCUT2D eigenvalue weighted by molar-refractivity contribution is -0.118. The van der Waals surface area contributed by atoms with Gasteiger partial charge in [-0.25, -0.2) is 0 Å². The maximum absolute atomic E-state index is 12.1. The SMILES string of the molecule is N#CCc1ccc(NC(=O)CN2CCCCC2CN)cc1. The van der Waals surface area contributed by atoms with E-state index in [0.29, 0.717) is 25.6 Å². The Balaban J connectivity index is 1.87. The molecule has 0 bridgehead atoms. The van der Waals surface area contributed by atoms with Crippen molar-refractivity contribution < 1.29 is 4.79 Å². The molecule has 1 saturated heterocycles. The highest BCUT2D eigenvalue weighted by molar-refractivity contribution is 5.92. The second kappa shape index (κ2) is 7.77. The van der Waals surface area contributed by atoms with Gasteiger partial charge in [-0.2, -0.15) is 5.26 Å². The number of likely N-dealkylation sites (tertiary alicyclic amines) is 1. The minimum Gasteiger partial charge on any atom is -0.329 e. The predicted molar refractivity (Wildman–Crippen MR) is 82.7 cm³/mol. The van der Waals surface area contributed by atoms with Crippen LogP contribution in [0.15, 0.2) is 24.3 Å². The fraction of sp³-hybridized carbons (Fsp3) is 0.500. The molecule has 2 rings (SSSR count). The maximum Gasteiger partial charge on any atom is 0.238 e. The lowest BCUT2D eigenvalue weighted by Crippen LogP contribution is -2.47. The summed E-state index contributed by atoms with van der Waals surface area (Å²) >= 11 is 0. The molecule has 1 unspecified atom stereocenters. The van der Waals surface area contributed by atoms with Gasteiger partial charge in [0, 0.05) is 18.3 Å². The topological polar surface area (TPSA) is 82.2 Å². The Morgan fingerprint density at radius 2 is 2.14 bits per heavy atom. The first-order chi connectivity index (χ1) is 10.2. The lowest BCUT2D eigenvalue weighted by atomic mass is 10.0. The van der Waals surface area contributed by atoms with Gasteiger partial charge in [-0.3, -0.25) is 9.69 Å². The molecule has 21 heavy (non-hydrogen) atoms. The lowest BCUT2D eigenvalue weighted by Gasteiger charge is -2.34. The van der Waals surface area contributed by atoms with Crippen LogP contribution in [0, 0.1) is 11.3 Å². The monoisotopic (exact) mass is 286 g/mol. The molecule has 1 amide bonds. The summed E-state index contributed by atoms with van der Waals surface area (Å²) in [6.45, 7) is 1.94. The van der Waals surface area contributed by atoms with Crippen LogP contribution >= 0.6 is 0 Å². The molecule has 0 spiro atoms. The first-order valence-corrected chi connectivity index (χ1v) is 7.43. The standard InChI is InChI=1S/C16H22N4O/c17-9-8-13-4-6-14(7-5-13)19-16(21)12-20-10-2-1-3-15(20)11-18/h4-7,15H,1-3,8,10-12,18H2,(H,19,21). The number of nitrogens with one attached hydrogen (secondary N) is 1. The smallest absolute Gasteiger partial charge is 0.238 e. The summed E-state index contributed by atoms with van der Waals surface area (Å²) in [6.07, 6.45) is 3.79. The number of nitriles is 1. The summed E-state index contributed by atoms with van der Waals surface area (Å²) in [5, 5.41) is 11.5. The number of anilines is 1. The van der Waals surface area contributed by atoms with Gasteiger partial charge in [-0.15, -0.1) is 0 Å². The van der Waals surface area contributed by atoms with Crippen LogP contribution in [0.1, 0.15) is 24.8 Å². The van der Waals surface area contributed by atoms with Crippen molar-refractivity contribution in [2.75, 3.05) is 25.0 Å². The van der Waals surface area contributed by atoms with Gasteiger partial charge < -0.3 is 11.1 Å².